The number of methoxy groups -OCH3 is 1. The van der Waals surface area contributed by atoms with Crippen LogP contribution in [0.15, 0.2) is 18.2 Å². The Bertz CT molecular complexity index is 560. The van der Waals surface area contributed by atoms with Gasteiger partial charge in [0, 0.05) is 23.4 Å². The molecule has 0 saturated carbocycles. The second kappa shape index (κ2) is 10.2. The number of hydrogen-bond acceptors (Lipinski definition) is 3. The first-order valence-corrected chi connectivity index (χ1v) is 8.55. The van der Waals surface area contributed by atoms with Crippen molar-refractivity contribution >= 4 is 23.5 Å². The Labute approximate surface area is 148 Å². The number of carbonyl (C=O) groups is 2. The summed E-state index contributed by atoms with van der Waals surface area (Å²) in [5.41, 5.74) is 0.859. The van der Waals surface area contributed by atoms with Gasteiger partial charge < -0.3 is 15.2 Å². The quantitative estimate of drug-likeness (QED) is 0.617. The van der Waals surface area contributed by atoms with Gasteiger partial charge in [-0.15, -0.1) is 0 Å². The summed E-state index contributed by atoms with van der Waals surface area (Å²) in [5, 5.41) is 12.3. The minimum Gasteiger partial charge on any atom is -0.496 e. The smallest absolute Gasteiger partial charge is 0.303 e. The first kappa shape index (κ1) is 20.3. The zero-order chi connectivity index (χ0) is 18.1. The van der Waals surface area contributed by atoms with E-state index in [0.717, 1.165) is 12.0 Å². The fourth-order valence-electron chi connectivity index (χ4n) is 2.54. The molecule has 24 heavy (non-hydrogen) atoms. The summed E-state index contributed by atoms with van der Waals surface area (Å²) in [6, 6.07) is 5.18. The van der Waals surface area contributed by atoms with E-state index in [0.29, 0.717) is 36.0 Å². The van der Waals surface area contributed by atoms with Crippen molar-refractivity contribution in [3.8, 4) is 5.75 Å². The van der Waals surface area contributed by atoms with Gasteiger partial charge in [0.2, 0.25) is 5.91 Å². The van der Waals surface area contributed by atoms with Crippen LogP contribution in [0.25, 0.3) is 0 Å². The number of amides is 1. The molecule has 1 aromatic rings. The predicted octanol–water partition coefficient (Wildman–Crippen LogP) is 4.20. The Morgan fingerprint density at radius 3 is 2.50 bits per heavy atom. The molecule has 1 aromatic carbocycles. The maximum absolute atomic E-state index is 12.2. The molecular weight excluding hydrogens is 330 g/mol. The van der Waals surface area contributed by atoms with Crippen LogP contribution in [-0.4, -0.2) is 24.1 Å². The van der Waals surface area contributed by atoms with Gasteiger partial charge in [-0.25, -0.2) is 0 Å². The number of nitrogens with one attached hydrogen (secondary N) is 1. The Kier molecular flexibility index (Phi) is 8.61. The van der Waals surface area contributed by atoms with Crippen molar-refractivity contribution in [2.45, 2.75) is 52.0 Å². The van der Waals surface area contributed by atoms with Crippen molar-refractivity contribution in [1.82, 2.24) is 5.32 Å². The largest absolute Gasteiger partial charge is 0.496 e. The van der Waals surface area contributed by atoms with Gasteiger partial charge >= 0.3 is 5.97 Å². The molecule has 0 saturated heterocycles. The van der Waals surface area contributed by atoms with Crippen molar-refractivity contribution in [3.63, 3.8) is 0 Å². The van der Waals surface area contributed by atoms with Gasteiger partial charge in [0.1, 0.15) is 5.75 Å². The molecule has 1 amide bonds. The molecule has 134 valence electrons. The molecule has 5 nitrogen and oxygen atoms in total. The number of halogens is 1. The van der Waals surface area contributed by atoms with Gasteiger partial charge in [-0.2, -0.15) is 0 Å². The summed E-state index contributed by atoms with van der Waals surface area (Å²) in [4.78, 5) is 22.7. The van der Waals surface area contributed by atoms with Crippen LogP contribution in [0.5, 0.6) is 5.75 Å². The normalized spacial score (nSPS) is 12.0. The Morgan fingerprint density at radius 2 is 1.92 bits per heavy atom. The van der Waals surface area contributed by atoms with Crippen LogP contribution < -0.4 is 10.1 Å². The first-order chi connectivity index (χ1) is 11.3. The molecule has 0 spiro atoms. The number of rotatable bonds is 10. The maximum atomic E-state index is 12.2. The summed E-state index contributed by atoms with van der Waals surface area (Å²) < 4.78 is 5.39. The fraction of sp³-hybridized carbons (Fsp3) is 0.556. The molecule has 0 aliphatic rings. The molecule has 0 aromatic heterocycles. The van der Waals surface area contributed by atoms with Crippen molar-refractivity contribution in [3.05, 3.63) is 28.8 Å². The van der Waals surface area contributed by atoms with Gasteiger partial charge in [-0.05, 0) is 43.4 Å². The van der Waals surface area contributed by atoms with Crippen LogP contribution in [0.3, 0.4) is 0 Å². The molecule has 2 N–H and O–H groups in total. The highest BCUT2D eigenvalue weighted by atomic mass is 35.5. The molecule has 1 atom stereocenters. The highest BCUT2D eigenvalue weighted by Gasteiger charge is 2.20. The van der Waals surface area contributed by atoms with Gasteiger partial charge in [0.15, 0.2) is 0 Å². The van der Waals surface area contributed by atoms with Gasteiger partial charge in [-0.3, -0.25) is 9.59 Å². The van der Waals surface area contributed by atoms with E-state index in [2.05, 4.69) is 19.2 Å². The lowest BCUT2D eigenvalue weighted by Gasteiger charge is -2.23. The highest BCUT2D eigenvalue weighted by molar-refractivity contribution is 6.30. The lowest BCUT2D eigenvalue weighted by molar-refractivity contribution is -0.137. The van der Waals surface area contributed by atoms with E-state index in [1.54, 1.807) is 19.2 Å². The predicted molar refractivity (Wildman–Crippen MR) is 94.4 cm³/mol. The number of unbranched alkanes of at least 4 members (excludes halogenated alkanes) is 1. The monoisotopic (exact) mass is 355 g/mol. The van der Waals surface area contributed by atoms with Crippen LogP contribution in [-0.2, 0) is 9.59 Å². The average Bonchev–Trinajstić information content (AvgIpc) is 2.50. The number of ether oxygens (including phenoxy) is 1. The third kappa shape index (κ3) is 7.21. The van der Waals surface area contributed by atoms with Crippen molar-refractivity contribution in [2.75, 3.05) is 7.11 Å². The third-order valence-corrected chi connectivity index (χ3v) is 3.89. The Hall–Kier alpha value is -1.75. The number of carboxylic acid groups (broad SMARTS) is 1. The molecule has 6 heteroatoms. The van der Waals surface area contributed by atoms with Gasteiger partial charge in [-0.1, -0.05) is 25.4 Å². The summed E-state index contributed by atoms with van der Waals surface area (Å²) >= 11 is 6.10. The van der Waals surface area contributed by atoms with Crippen molar-refractivity contribution in [1.29, 1.82) is 0 Å². The van der Waals surface area contributed by atoms with Crippen LogP contribution in [0.1, 0.15) is 57.6 Å². The van der Waals surface area contributed by atoms with E-state index in [4.69, 9.17) is 21.4 Å². The number of carbonyl (C=O) groups excluding carboxylic acids is 1. The third-order valence-electron chi connectivity index (χ3n) is 3.65. The van der Waals surface area contributed by atoms with E-state index < -0.39 is 5.97 Å². The van der Waals surface area contributed by atoms with E-state index >= 15 is 0 Å². The standard InChI is InChI=1S/C18H26ClNO4/c1-12(2)10-15(14-11-13(19)8-9-16(14)24-3)20-17(21)6-4-5-7-18(22)23/h8-9,11-12,15H,4-7,10H2,1-3H3,(H,20,21)(H,22,23). The van der Waals surface area contributed by atoms with E-state index in [1.165, 1.54) is 0 Å². The molecule has 1 rings (SSSR count). The highest BCUT2D eigenvalue weighted by Crippen LogP contribution is 2.32. The molecular formula is C18H26ClNO4. The van der Waals surface area contributed by atoms with E-state index in [9.17, 15) is 9.59 Å². The zero-order valence-corrected chi connectivity index (χ0v) is 15.2. The summed E-state index contributed by atoms with van der Waals surface area (Å²) in [6.45, 7) is 4.17. The van der Waals surface area contributed by atoms with Crippen LogP contribution in [0, 0.1) is 5.92 Å². The van der Waals surface area contributed by atoms with E-state index in [-0.39, 0.29) is 18.4 Å². The lowest BCUT2D eigenvalue weighted by atomic mass is 9.96. The van der Waals surface area contributed by atoms with Crippen LogP contribution >= 0.6 is 11.6 Å². The number of benzene rings is 1. The average molecular weight is 356 g/mol. The molecule has 1 unspecified atom stereocenters. The second-order valence-corrected chi connectivity index (χ2v) is 6.67. The summed E-state index contributed by atoms with van der Waals surface area (Å²) in [5.74, 6) is 0.145. The number of hydrogen-bond donors (Lipinski definition) is 2. The van der Waals surface area contributed by atoms with Crippen LogP contribution in [0.2, 0.25) is 5.02 Å². The van der Waals surface area contributed by atoms with Gasteiger partial charge in [0.05, 0.1) is 13.2 Å². The van der Waals surface area contributed by atoms with E-state index in [1.807, 2.05) is 6.07 Å². The Balaban J connectivity index is 2.77. The SMILES string of the molecule is COc1ccc(Cl)cc1C(CC(C)C)NC(=O)CCCCC(=O)O. The Morgan fingerprint density at radius 1 is 1.25 bits per heavy atom. The molecule has 0 aliphatic heterocycles. The lowest BCUT2D eigenvalue weighted by Crippen LogP contribution is -2.29. The van der Waals surface area contributed by atoms with Crippen molar-refractivity contribution in [2.24, 2.45) is 5.92 Å². The fourth-order valence-corrected chi connectivity index (χ4v) is 2.72. The minimum absolute atomic E-state index is 0.0881. The molecule has 0 aliphatic carbocycles. The summed E-state index contributed by atoms with van der Waals surface area (Å²) in [6.07, 6.45) is 2.21. The first-order valence-electron chi connectivity index (χ1n) is 8.18. The van der Waals surface area contributed by atoms with Crippen molar-refractivity contribution < 1.29 is 19.4 Å². The topological polar surface area (TPSA) is 75.6 Å². The molecule has 0 fully saturated rings. The van der Waals surface area contributed by atoms with Crippen LogP contribution in [0.4, 0.5) is 0 Å². The maximum Gasteiger partial charge on any atom is 0.303 e. The minimum atomic E-state index is -0.836. The summed E-state index contributed by atoms with van der Waals surface area (Å²) in [7, 11) is 1.59. The molecule has 0 radical (unpaired) electrons. The second-order valence-electron chi connectivity index (χ2n) is 6.24. The molecule has 0 bridgehead atoms. The van der Waals surface area contributed by atoms with Gasteiger partial charge in [0.25, 0.3) is 0 Å². The zero-order valence-electron chi connectivity index (χ0n) is 14.5. The number of aliphatic carboxylic acids is 1. The molecule has 0 heterocycles. The number of carboxylic acids is 1.